The van der Waals surface area contributed by atoms with Crippen LogP contribution in [0.15, 0.2) is 117 Å². The van der Waals surface area contributed by atoms with Gasteiger partial charge in [0.05, 0.1) is 0 Å². The molecule has 1 aromatic heterocycles. The van der Waals surface area contributed by atoms with E-state index in [0.29, 0.717) is 5.92 Å². The van der Waals surface area contributed by atoms with Crippen LogP contribution in [0.25, 0.3) is 29.0 Å². The number of nitrogens with zero attached hydrogens (tertiary/aromatic N) is 1. The number of rotatable bonds is 8. The Bertz CT molecular complexity index is 1640. The summed E-state index contributed by atoms with van der Waals surface area (Å²) in [6.07, 6.45) is 16.7. The fraction of sp³-hybridized carbons (Fsp3) is 0.238. The predicted octanol–water partition coefficient (Wildman–Crippen LogP) is 11.1. The molecular weight excluding hydrogens is 532 g/mol. The van der Waals surface area contributed by atoms with Crippen LogP contribution in [0.4, 0.5) is 0 Å². The van der Waals surface area contributed by atoms with E-state index < -0.39 is 0 Å². The molecule has 0 saturated carbocycles. The summed E-state index contributed by atoms with van der Waals surface area (Å²) in [5, 5.41) is 0. The fourth-order valence-electron chi connectivity index (χ4n) is 5.98. The second-order valence-electron chi connectivity index (χ2n) is 11.2. The number of benzene rings is 3. The summed E-state index contributed by atoms with van der Waals surface area (Å²) in [6, 6.07) is 24.4. The van der Waals surface area contributed by atoms with Crippen molar-refractivity contribution in [3.63, 3.8) is 0 Å². The Morgan fingerprint density at radius 2 is 1.59 bits per heavy atom. The van der Waals surface area contributed by atoms with Crippen LogP contribution in [-0.2, 0) is 6.42 Å². The van der Waals surface area contributed by atoms with E-state index in [4.69, 9.17) is 0 Å². The Morgan fingerprint density at radius 3 is 2.27 bits per heavy atom. The minimum atomic E-state index is 0.434. The molecule has 1 aliphatic rings. The van der Waals surface area contributed by atoms with Gasteiger partial charge < -0.3 is 10.3 Å². The van der Waals surface area contributed by atoms with Crippen molar-refractivity contribution >= 4 is 23.3 Å². The molecule has 3 aromatic carbocycles. The molecule has 1 heterocycles. The van der Waals surface area contributed by atoms with Gasteiger partial charge in [-0.2, -0.15) is 0 Å². The van der Waals surface area contributed by atoms with E-state index >= 15 is 0 Å². The molecule has 0 bridgehead atoms. The molecule has 5 rings (SSSR count). The highest BCUT2D eigenvalue weighted by Crippen LogP contribution is 2.41. The second kappa shape index (κ2) is 16.4. The maximum Gasteiger partial charge on any atom is 0.0449 e. The van der Waals surface area contributed by atoms with E-state index in [1.54, 1.807) is 0 Å². The van der Waals surface area contributed by atoms with Gasteiger partial charge in [-0.15, -0.1) is 13.2 Å². The lowest BCUT2D eigenvalue weighted by molar-refractivity contribution is 0.677. The highest BCUT2D eigenvalue weighted by Gasteiger charge is 2.21. The van der Waals surface area contributed by atoms with Crippen LogP contribution in [0.2, 0.25) is 0 Å². The van der Waals surface area contributed by atoms with Crippen molar-refractivity contribution in [1.82, 2.24) is 4.57 Å². The Labute approximate surface area is 266 Å². The monoisotopic (exact) mass is 582 g/mol. The van der Waals surface area contributed by atoms with Crippen LogP contribution in [0.5, 0.6) is 0 Å². The van der Waals surface area contributed by atoms with Crippen LogP contribution in [0, 0.1) is 13.8 Å². The number of hydrogen-bond donors (Lipinski definition) is 1. The Kier molecular flexibility index (Phi) is 12.7. The molecule has 4 aromatic rings. The molecule has 0 radical (unpaired) electrons. The first-order chi connectivity index (χ1) is 21.4. The smallest absolute Gasteiger partial charge is 0.0449 e. The van der Waals surface area contributed by atoms with Crippen LogP contribution in [0.1, 0.15) is 84.0 Å². The van der Waals surface area contributed by atoms with Crippen LogP contribution in [-0.4, -0.2) is 11.6 Å². The minimum Gasteiger partial charge on any atom is -0.333 e. The van der Waals surface area contributed by atoms with Gasteiger partial charge in [-0.05, 0) is 116 Å². The largest absolute Gasteiger partial charge is 0.333 e. The Balaban J connectivity index is 0.00000127. The molecule has 2 nitrogen and oxygen atoms in total. The maximum atomic E-state index is 4.50. The third-order valence-electron chi connectivity index (χ3n) is 8.27. The van der Waals surface area contributed by atoms with Crippen molar-refractivity contribution in [2.75, 3.05) is 7.05 Å². The summed E-state index contributed by atoms with van der Waals surface area (Å²) in [5.41, 5.74) is 20.3. The summed E-state index contributed by atoms with van der Waals surface area (Å²) in [4.78, 5) is 0. The molecule has 1 aliphatic carbocycles. The van der Waals surface area contributed by atoms with Gasteiger partial charge in [0.2, 0.25) is 0 Å². The van der Waals surface area contributed by atoms with E-state index in [0.717, 1.165) is 19.3 Å². The molecule has 0 amide bonds. The molecule has 0 spiro atoms. The molecule has 44 heavy (non-hydrogen) atoms. The number of allylic oxidation sites excluding steroid dienone is 5. The second-order valence-corrected chi connectivity index (χ2v) is 11.2. The zero-order chi connectivity index (χ0) is 32.2. The quantitative estimate of drug-likeness (QED) is 0.206. The lowest BCUT2D eigenvalue weighted by atomic mass is 9.84. The van der Waals surface area contributed by atoms with Crippen molar-refractivity contribution in [3.8, 4) is 5.69 Å². The van der Waals surface area contributed by atoms with Crippen LogP contribution >= 0.6 is 0 Å². The Hall–Kier alpha value is -4.40. The van der Waals surface area contributed by atoms with Gasteiger partial charge in [0, 0.05) is 23.6 Å². The van der Waals surface area contributed by atoms with Crippen molar-refractivity contribution in [2.24, 2.45) is 5.73 Å². The third-order valence-corrected chi connectivity index (χ3v) is 8.27. The number of nitrogens with two attached hydrogens (primary N) is 1. The summed E-state index contributed by atoms with van der Waals surface area (Å²) in [5.74, 6) is 0.434. The fourth-order valence-corrected chi connectivity index (χ4v) is 5.98. The summed E-state index contributed by atoms with van der Waals surface area (Å²) < 4.78 is 2.23. The number of aromatic nitrogens is 1. The zero-order valence-electron chi connectivity index (χ0n) is 27.7. The highest BCUT2D eigenvalue weighted by molar-refractivity contribution is 5.98. The Morgan fingerprint density at radius 1 is 0.886 bits per heavy atom. The van der Waals surface area contributed by atoms with Crippen molar-refractivity contribution in [2.45, 2.75) is 59.8 Å². The van der Waals surface area contributed by atoms with Gasteiger partial charge in [-0.25, -0.2) is 0 Å². The van der Waals surface area contributed by atoms with Gasteiger partial charge in [0.1, 0.15) is 0 Å². The maximum absolute atomic E-state index is 4.50. The van der Waals surface area contributed by atoms with Crippen molar-refractivity contribution < 1.29 is 0 Å². The molecule has 1 atom stereocenters. The molecular formula is C42H50N2. The first-order valence-corrected chi connectivity index (χ1v) is 15.7. The average molecular weight is 583 g/mol. The summed E-state index contributed by atoms with van der Waals surface area (Å²) >= 11 is 0. The highest BCUT2D eigenvalue weighted by atomic mass is 14.9. The first kappa shape index (κ1) is 34.1. The third kappa shape index (κ3) is 7.75. The SMILES string of the molecule is C=C.C=Cc1ccccc1CCC(C)c1cc(C)cc2c1C=CC(c1ccn(-c3ccc(C)cc3)c1)=C(C)C2=CCC.CN. The van der Waals surface area contributed by atoms with Crippen LogP contribution in [0.3, 0.4) is 0 Å². The normalized spacial score (nSPS) is 13.7. The van der Waals surface area contributed by atoms with E-state index in [1.807, 2.05) is 6.08 Å². The molecule has 0 saturated heterocycles. The number of hydrogen-bond acceptors (Lipinski definition) is 1. The summed E-state index contributed by atoms with van der Waals surface area (Å²) in [7, 11) is 1.50. The van der Waals surface area contributed by atoms with E-state index in [1.165, 1.54) is 74.0 Å². The predicted molar refractivity (Wildman–Crippen MR) is 196 cm³/mol. The number of aryl methyl sites for hydroxylation is 3. The lowest BCUT2D eigenvalue weighted by Crippen LogP contribution is -2.04. The van der Waals surface area contributed by atoms with Gasteiger partial charge in [0.25, 0.3) is 0 Å². The topological polar surface area (TPSA) is 30.9 Å². The molecule has 228 valence electrons. The molecule has 0 fully saturated rings. The summed E-state index contributed by atoms with van der Waals surface area (Å²) in [6.45, 7) is 21.3. The lowest BCUT2D eigenvalue weighted by Gasteiger charge is -2.21. The molecule has 1 unspecified atom stereocenters. The number of fused-ring (bicyclic) bond motifs is 1. The van der Waals surface area contributed by atoms with Gasteiger partial charge >= 0.3 is 0 Å². The average Bonchev–Trinajstić information content (AvgIpc) is 3.50. The standard InChI is InChI=1S/C39H41N.C2H4.CH5N/c1-7-11-36-30(6)35(33-22-23-40(26-33)34-18-14-27(3)15-19-34)20-21-37-38(24-28(4)25-39(36)37)29(5)16-17-32-13-10-9-12-31(32)8-2;2*1-2/h8-15,18-26,29H,2,7,16-17H2,1,3-6H3;1-2H2;2H2,1H3. The van der Waals surface area contributed by atoms with Gasteiger partial charge in [-0.3, -0.25) is 0 Å². The minimum absolute atomic E-state index is 0.434. The van der Waals surface area contributed by atoms with E-state index in [9.17, 15) is 0 Å². The van der Waals surface area contributed by atoms with Gasteiger partial charge in [-0.1, -0.05) is 104 Å². The van der Waals surface area contributed by atoms with Gasteiger partial charge in [0.15, 0.2) is 0 Å². The van der Waals surface area contributed by atoms with E-state index in [2.05, 4.69) is 162 Å². The first-order valence-electron chi connectivity index (χ1n) is 15.7. The van der Waals surface area contributed by atoms with Crippen molar-refractivity contribution in [3.05, 3.63) is 161 Å². The zero-order valence-corrected chi connectivity index (χ0v) is 27.7. The van der Waals surface area contributed by atoms with E-state index in [-0.39, 0.29) is 0 Å². The van der Waals surface area contributed by atoms with Crippen molar-refractivity contribution in [1.29, 1.82) is 0 Å². The molecule has 0 aliphatic heterocycles. The van der Waals surface area contributed by atoms with Crippen LogP contribution < -0.4 is 5.73 Å². The molecule has 2 N–H and O–H groups in total. The molecule has 2 heteroatoms.